The van der Waals surface area contributed by atoms with Gasteiger partial charge in [-0.3, -0.25) is 4.79 Å². The van der Waals surface area contributed by atoms with Gasteiger partial charge in [0.2, 0.25) is 0 Å². The quantitative estimate of drug-likeness (QED) is 0.735. The Morgan fingerprint density at radius 3 is 3.12 bits per heavy atom. The minimum Gasteiger partial charge on any atom is -0.341 e. The summed E-state index contributed by atoms with van der Waals surface area (Å²) in [4.78, 5) is 17.1. The van der Waals surface area contributed by atoms with Crippen LogP contribution in [-0.2, 0) is 0 Å². The van der Waals surface area contributed by atoms with Crippen LogP contribution < -0.4 is 11.1 Å². The molecule has 1 aliphatic carbocycles. The van der Waals surface area contributed by atoms with Gasteiger partial charge in [-0.1, -0.05) is 0 Å². The van der Waals surface area contributed by atoms with Crippen molar-refractivity contribution in [3.05, 3.63) is 40.8 Å². The second-order valence-electron chi connectivity index (χ2n) is 6.40. The van der Waals surface area contributed by atoms with Gasteiger partial charge in [-0.05, 0) is 31.0 Å². The number of carbonyl (C=O) groups excluding carboxylic acids is 1. The highest BCUT2D eigenvalue weighted by atomic mass is 32.1. The zero-order valence-corrected chi connectivity index (χ0v) is 14.5. The van der Waals surface area contributed by atoms with Gasteiger partial charge in [-0.2, -0.15) is 5.10 Å². The molecule has 136 valence electrons. The van der Waals surface area contributed by atoms with Crippen molar-refractivity contribution in [1.29, 1.82) is 0 Å². The highest BCUT2D eigenvalue weighted by Gasteiger charge is 2.46. The van der Waals surface area contributed by atoms with Crippen LogP contribution >= 0.6 is 11.3 Å². The molecule has 0 aromatic carbocycles. The second-order valence-corrected chi connectivity index (χ2v) is 7.32. The average Bonchev–Trinajstić information content (AvgIpc) is 3.24. The summed E-state index contributed by atoms with van der Waals surface area (Å²) < 4.78 is 29.8. The Bertz CT molecular complexity index is 953. The molecule has 3 N–H and O–H groups in total. The van der Waals surface area contributed by atoms with Crippen LogP contribution in [0.25, 0.3) is 16.9 Å². The first-order chi connectivity index (χ1) is 12.5. The second kappa shape index (κ2) is 6.40. The lowest BCUT2D eigenvalue weighted by Crippen LogP contribution is -2.59. The molecule has 3 aromatic rings. The number of amides is 1. The third-order valence-electron chi connectivity index (χ3n) is 4.61. The Morgan fingerprint density at radius 1 is 1.46 bits per heavy atom. The summed E-state index contributed by atoms with van der Waals surface area (Å²) in [5.41, 5.74) is 7.99. The summed E-state index contributed by atoms with van der Waals surface area (Å²) in [7, 11) is 0. The first-order valence-electron chi connectivity index (χ1n) is 8.27. The normalized spacial score (nSPS) is 22.4. The highest BCUT2D eigenvalue weighted by molar-refractivity contribution is 7.12. The summed E-state index contributed by atoms with van der Waals surface area (Å²) in [6.45, 7) is 0. The van der Waals surface area contributed by atoms with E-state index in [4.69, 9.17) is 5.73 Å². The molecule has 2 atom stereocenters. The summed E-state index contributed by atoms with van der Waals surface area (Å²) in [6, 6.07) is 3.18. The fourth-order valence-corrected chi connectivity index (χ4v) is 4.05. The van der Waals surface area contributed by atoms with Crippen molar-refractivity contribution in [2.24, 2.45) is 5.73 Å². The van der Waals surface area contributed by atoms with Gasteiger partial charge in [-0.15, -0.1) is 11.3 Å². The molecule has 4 rings (SSSR count). The minimum absolute atomic E-state index is 0.255. The Balaban J connectivity index is 1.57. The van der Waals surface area contributed by atoms with E-state index in [0.29, 0.717) is 23.4 Å². The van der Waals surface area contributed by atoms with E-state index in [-0.39, 0.29) is 6.42 Å². The molecule has 3 heterocycles. The summed E-state index contributed by atoms with van der Waals surface area (Å²) in [6.07, 6.45) is 3.89. The molecule has 0 aliphatic heterocycles. The molecule has 6 nitrogen and oxygen atoms in total. The van der Waals surface area contributed by atoms with Crippen molar-refractivity contribution in [3.8, 4) is 11.3 Å². The molecule has 0 saturated heterocycles. The van der Waals surface area contributed by atoms with Gasteiger partial charge in [0.15, 0.2) is 5.65 Å². The Kier molecular flexibility index (Phi) is 4.20. The molecule has 26 heavy (non-hydrogen) atoms. The van der Waals surface area contributed by atoms with Crippen LogP contribution in [0.4, 0.5) is 8.78 Å². The van der Waals surface area contributed by atoms with Gasteiger partial charge in [0.05, 0.1) is 16.8 Å². The number of hydrogen-bond acceptors (Lipinski definition) is 5. The van der Waals surface area contributed by atoms with Crippen molar-refractivity contribution < 1.29 is 13.6 Å². The maximum absolute atomic E-state index is 14.1. The maximum atomic E-state index is 14.1. The third kappa shape index (κ3) is 2.97. The van der Waals surface area contributed by atoms with Crippen LogP contribution in [0, 0.1) is 0 Å². The molecule has 1 aliphatic rings. The molecule has 0 spiro atoms. The molecule has 9 heteroatoms. The largest absolute Gasteiger partial charge is 0.341 e. The zero-order chi connectivity index (χ0) is 18.3. The highest BCUT2D eigenvalue weighted by Crippen LogP contribution is 2.33. The number of fused-ring (bicyclic) bond motifs is 1. The minimum atomic E-state index is -2.99. The number of rotatable bonds is 3. The van der Waals surface area contributed by atoms with Gasteiger partial charge in [0.1, 0.15) is 6.04 Å². The van der Waals surface area contributed by atoms with Crippen molar-refractivity contribution in [3.63, 3.8) is 0 Å². The molecule has 1 saturated carbocycles. The molecular weight excluding hydrogens is 360 g/mol. The fourth-order valence-electron chi connectivity index (χ4n) is 3.25. The van der Waals surface area contributed by atoms with Crippen LogP contribution in [0.15, 0.2) is 36.0 Å². The van der Waals surface area contributed by atoms with Crippen LogP contribution in [-0.4, -0.2) is 38.5 Å². The topological polar surface area (TPSA) is 85.3 Å². The number of alkyl halides is 2. The first kappa shape index (κ1) is 17.0. The number of imidazole rings is 1. The Labute approximate surface area is 152 Å². The van der Waals surface area contributed by atoms with Gasteiger partial charge >= 0.3 is 0 Å². The van der Waals surface area contributed by atoms with E-state index in [1.165, 1.54) is 11.3 Å². The van der Waals surface area contributed by atoms with Crippen LogP contribution in [0.3, 0.4) is 0 Å². The monoisotopic (exact) mass is 377 g/mol. The predicted molar refractivity (Wildman–Crippen MR) is 94.3 cm³/mol. The van der Waals surface area contributed by atoms with Crippen molar-refractivity contribution in [1.82, 2.24) is 19.9 Å². The van der Waals surface area contributed by atoms with Gasteiger partial charge in [0.25, 0.3) is 11.8 Å². The molecule has 0 bridgehead atoms. The van der Waals surface area contributed by atoms with Crippen molar-refractivity contribution in [2.45, 2.75) is 37.3 Å². The molecule has 1 fully saturated rings. The summed E-state index contributed by atoms with van der Waals surface area (Å²) >= 11 is 1.19. The van der Waals surface area contributed by atoms with E-state index in [1.807, 2.05) is 6.07 Å². The molecule has 0 unspecified atom stereocenters. The lowest BCUT2D eigenvalue weighted by Gasteiger charge is -2.36. The molecule has 3 aromatic heterocycles. The number of nitrogens with one attached hydrogen (secondary N) is 1. The number of aromatic nitrogens is 3. The van der Waals surface area contributed by atoms with E-state index >= 15 is 0 Å². The van der Waals surface area contributed by atoms with Crippen LogP contribution in [0.2, 0.25) is 0 Å². The number of nitrogens with two attached hydrogens (primary N) is 1. The van der Waals surface area contributed by atoms with Gasteiger partial charge < -0.3 is 11.1 Å². The SMILES string of the molecule is N[C@H]1CCCC(F)(F)[C@@H]1NC(=O)c1cc(-c2cnc3cccnn23)cs1. The molecular formula is C17H17F2N5OS. The Hall–Kier alpha value is -2.39. The van der Waals surface area contributed by atoms with E-state index in [2.05, 4.69) is 15.4 Å². The first-order valence-corrected chi connectivity index (χ1v) is 9.15. The van der Waals surface area contributed by atoms with E-state index in [1.54, 1.807) is 34.4 Å². The van der Waals surface area contributed by atoms with Crippen molar-refractivity contribution >= 4 is 22.9 Å². The third-order valence-corrected chi connectivity index (χ3v) is 5.54. The zero-order valence-electron chi connectivity index (χ0n) is 13.7. The fraction of sp³-hybridized carbons (Fsp3) is 0.353. The smallest absolute Gasteiger partial charge is 0.269 e. The van der Waals surface area contributed by atoms with Crippen LogP contribution in [0.1, 0.15) is 28.9 Å². The van der Waals surface area contributed by atoms with E-state index < -0.39 is 23.9 Å². The van der Waals surface area contributed by atoms with Gasteiger partial charge in [0, 0.05) is 29.6 Å². The Morgan fingerprint density at radius 2 is 2.31 bits per heavy atom. The van der Waals surface area contributed by atoms with Crippen LogP contribution in [0.5, 0.6) is 0 Å². The lowest BCUT2D eigenvalue weighted by molar-refractivity contribution is -0.0674. The predicted octanol–water partition coefficient (Wildman–Crippen LogP) is 2.70. The number of hydrogen-bond donors (Lipinski definition) is 2. The lowest BCUT2D eigenvalue weighted by atomic mass is 9.87. The standard InChI is InChI=1S/C17H17F2N5OS/c18-17(19)5-1-3-11(20)15(17)23-16(25)13-7-10(9-26-13)12-8-21-14-4-2-6-22-24(12)14/h2,4,6-9,11,15H,1,3,5,20H2,(H,23,25)/t11-,15+/m0/s1. The maximum Gasteiger partial charge on any atom is 0.269 e. The number of nitrogens with zero attached hydrogens (tertiary/aromatic N) is 3. The van der Waals surface area contributed by atoms with Crippen molar-refractivity contribution in [2.75, 3.05) is 0 Å². The summed E-state index contributed by atoms with van der Waals surface area (Å²) in [5, 5.41) is 8.45. The van der Waals surface area contributed by atoms with E-state index in [9.17, 15) is 13.6 Å². The van der Waals surface area contributed by atoms with Gasteiger partial charge in [-0.25, -0.2) is 18.3 Å². The number of thiophene rings is 1. The summed E-state index contributed by atoms with van der Waals surface area (Å²) in [5.74, 6) is -3.52. The number of halogens is 2. The average molecular weight is 377 g/mol. The van der Waals surface area contributed by atoms with E-state index in [0.717, 1.165) is 11.3 Å². The molecule has 0 radical (unpaired) electrons. The number of carbonyl (C=O) groups is 1. The molecule has 1 amide bonds.